The van der Waals surface area contributed by atoms with E-state index in [0.717, 1.165) is 10.4 Å². The smallest absolute Gasteiger partial charge is 0.279 e. The van der Waals surface area contributed by atoms with Gasteiger partial charge < -0.3 is 9.73 Å². The number of carbonyl (C=O) groups excluding carboxylic acids is 1. The molecule has 0 aromatic carbocycles. The highest BCUT2D eigenvalue weighted by Gasteiger charge is 2.18. The van der Waals surface area contributed by atoms with Gasteiger partial charge >= 0.3 is 0 Å². The van der Waals surface area contributed by atoms with Gasteiger partial charge in [0.05, 0.1) is 4.88 Å². The molecule has 0 saturated heterocycles. The molecule has 21 heavy (non-hydrogen) atoms. The van der Waals surface area contributed by atoms with Crippen molar-refractivity contribution in [3.05, 3.63) is 52.9 Å². The Morgan fingerprint density at radius 2 is 2.14 bits per heavy atom. The number of pyridine rings is 1. The maximum Gasteiger partial charge on any atom is 0.279 e. The predicted molar refractivity (Wildman–Crippen MR) is 81.5 cm³/mol. The molecule has 0 unspecified atom stereocenters. The molecule has 1 amide bonds. The van der Waals surface area contributed by atoms with Gasteiger partial charge in [0.15, 0.2) is 5.69 Å². The summed E-state index contributed by atoms with van der Waals surface area (Å²) in [5.41, 5.74) is 1.31. The summed E-state index contributed by atoms with van der Waals surface area (Å²) in [6.07, 6.45) is 1.70. The van der Waals surface area contributed by atoms with Crippen molar-refractivity contribution in [3.63, 3.8) is 0 Å². The van der Waals surface area contributed by atoms with Gasteiger partial charge in [-0.3, -0.25) is 4.79 Å². The van der Waals surface area contributed by atoms with Crippen LogP contribution in [-0.4, -0.2) is 15.9 Å². The van der Waals surface area contributed by atoms with Crippen LogP contribution in [0.3, 0.4) is 0 Å². The van der Waals surface area contributed by atoms with Gasteiger partial charge in [0.25, 0.3) is 5.91 Å². The van der Waals surface area contributed by atoms with Crippen LogP contribution in [0.25, 0.3) is 10.8 Å². The van der Waals surface area contributed by atoms with Gasteiger partial charge in [-0.15, -0.1) is 11.3 Å². The van der Waals surface area contributed by atoms with Crippen molar-refractivity contribution in [1.29, 1.82) is 0 Å². The third-order valence-electron chi connectivity index (χ3n) is 2.90. The molecule has 5 nitrogen and oxygen atoms in total. The Bertz CT molecular complexity index is 761. The lowest BCUT2D eigenvalue weighted by atomic mass is 10.3. The fourth-order valence-corrected chi connectivity index (χ4v) is 2.48. The topological polar surface area (TPSA) is 68.0 Å². The van der Waals surface area contributed by atoms with Gasteiger partial charge in [-0.2, -0.15) is 0 Å². The minimum atomic E-state index is -0.324. The van der Waals surface area contributed by atoms with Crippen LogP contribution < -0.4 is 5.32 Å². The Kier molecular flexibility index (Phi) is 3.53. The first-order chi connectivity index (χ1) is 10.1. The molecule has 0 spiro atoms. The molecular weight excluding hydrogens is 286 g/mol. The Labute approximate surface area is 125 Å². The molecule has 0 radical (unpaired) electrons. The van der Waals surface area contributed by atoms with E-state index in [9.17, 15) is 4.79 Å². The number of hydrogen-bond acceptors (Lipinski definition) is 5. The zero-order valence-corrected chi connectivity index (χ0v) is 12.4. The second-order valence-corrected chi connectivity index (χ2v) is 5.52. The third kappa shape index (κ3) is 2.85. The standard InChI is InChI=1S/C15H13N3O2S/c1-9-5-6-12(16-8-9)17-14(19)13-10(2)20-15(18-13)11-4-3-7-21-11/h3-8H,1-2H3,(H,16,17,19). The van der Waals surface area contributed by atoms with Gasteiger partial charge in [-0.1, -0.05) is 12.1 Å². The quantitative estimate of drug-likeness (QED) is 0.801. The van der Waals surface area contributed by atoms with E-state index in [4.69, 9.17) is 4.42 Å². The highest BCUT2D eigenvalue weighted by molar-refractivity contribution is 7.13. The number of aryl methyl sites for hydroxylation is 2. The lowest BCUT2D eigenvalue weighted by molar-refractivity contribution is 0.102. The average molecular weight is 299 g/mol. The molecule has 3 aromatic heterocycles. The van der Waals surface area contributed by atoms with Gasteiger partial charge in [0, 0.05) is 6.20 Å². The van der Waals surface area contributed by atoms with Gasteiger partial charge in [-0.05, 0) is 36.9 Å². The van der Waals surface area contributed by atoms with Crippen LogP contribution in [0.4, 0.5) is 5.82 Å². The molecule has 3 rings (SSSR count). The summed E-state index contributed by atoms with van der Waals surface area (Å²) < 4.78 is 5.56. The number of thiophene rings is 1. The van der Waals surface area contributed by atoms with Crippen molar-refractivity contribution in [1.82, 2.24) is 9.97 Å². The number of aromatic nitrogens is 2. The number of anilines is 1. The summed E-state index contributed by atoms with van der Waals surface area (Å²) in [7, 11) is 0. The highest BCUT2D eigenvalue weighted by atomic mass is 32.1. The van der Waals surface area contributed by atoms with Crippen LogP contribution in [0.1, 0.15) is 21.8 Å². The van der Waals surface area contributed by atoms with Crippen molar-refractivity contribution in [2.24, 2.45) is 0 Å². The predicted octanol–water partition coefficient (Wildman–Crippen LogP) is 3.67. The van der Waals surface area contributed by atoms with Crippen LogP contribution in [0, 0.1) is 13.8 Å². The minimum absolute atomic E-state index is 0.278. The molecule has 1 N–H and O–H groups in total. The van der Waals surface area contributed by atoms with Crippen LogP contribution >= 0.6 is 11.3 Å². The number of rotatable bonds is 3. The van der Waals surface area contributed by atoms with E-state index in [2.05, 4.69) is 15.3 Å². The van der Waals surface area contributed by atoms with E-state index in [1.807, 2.05) is 30.5 Å². The maximum absolute atomic E-state index is 12.2. The molecule has 0 aliphatic heterocycles. The van der Waals surface area contributed by atoms with Gasteiger partial charge in [0.2, 0.25) is 5.89 Å². The summed E-state index contributed by atoms with van der Waals surface area (Å²) in [4.78, 5) is 21.5. The van der Waals surface area contributed by atoms with Crippen LogP contribution in [0.5, 0.6) is 0 Å². The number of nitrogens with one attached hydrogen (secondary N) is 1. The van der Waals surface area contributed by atoms with Gasteiger partial charge in [-0.25, -0.2) is 9.97 Å². The lowest BCUT2D eigenvalue weighted by Crippen LogP contribution is -2.14. The third-order valence-corrected chi connectivity index (χ3v) is 3.75. The number of carbonyl (C=O) groups is 1. The second-order valence-electron chi connectivity index (χ2n) is 4.58. The van der Waals surface area contributed by atoms with E-state index in [0.29, 0.717) is 17.5 Å². The van der Waals surface area contributed by atoms with Crippen molar-refractivity contribution >= 4 is 23.1 Å². The first-order valence-electron chi connectivity index (χ1n) is 6.39. The molecule has 0 saturated carbocycles. The second kappa shape index (κ2) is 5.49. The molecular formula is C15H13N3O2S. The molecule has 0 bridgehead atoms. The number of amides is 1. The Balaban J connectivity index is 1.83. The Morgan fingerprint density at radius 1 is 1.29 bits per heavy atom. The number of oxazole rings is 1. The zero-order chi connectivity index (χ0) is 14.8. The molecule has 106 valence electrons. The van der Waals surface area contributed by atoms with E-state index >= 15 is 0 Å². The van der Waals surface area contributed by atoms with Crippen LogP contribution in [-0.2, 0) is 0 Å². The molecule has 0 aliphatic carbocycles. The Morgan fingerprint density at radius 3 is 2.81 bits per heavy atom. The fraction of sp³-hybridized carbons (Fsp3) is 0.133. The van der Waals surface area contributed by atoms with Crippen molar-refractivity contribution in [2.45, 2.75) is 13.8 Å². The van der Waals surface area contributed by atoms with E-state index in [1.165, 1.54) is 11.3 Å². The van der Waals surface area contributed by atoms with Crippen molar-refractivity contribution in [3.8, 4) is 10.8 Å². The molecule has 0 fully saturated rings. The molecule has 0 atom stereocenters. The van der Waals surface area contributed by atoms with Crippen LogP contribution in [0.2, 0.25) is 0 Å². The van der Waals surface area contributed by atoms with E-state index in [-0.39, 0.29) is 11.6 Å². The van der Waals surface area contributed by atoms with Gasteiger partial charge in [0.1, 0.15) is 11.6 Å². The normalized spacial score (nSPS) is 10.6. The van der Waals surface area contributed by atoms with Crippen molar-refractivity contribution < 1.29 is 9.21 Å². The molecule has 0 aliphatic rings. The number of nitrogens with zero attached hydrogens (tertiary/aromatic N) is 2. The Hall–Kier alpha value is -2.47. The number of hydrogen-bond donors (Lipinski definition) is 1. The zero-order valence-electron chi connectivity index (χ0n) is 11.6. The molecule has 3 aromatic rings. The van der Waals surface area contributed by atoms with E-state index in [1.54, 1.807) is 19.2 Å². The highest BCUT2D eigenvalue weighted by Crippen LogP contribution is 2.26. The molecule has 3 heterocycles. The summed E-state index contributed by atoms with van der Waals surface area (Å²) in [5, 5.41) is 4.65. The fourth-order valence-electron chi connectivity index (χ4n) is 1.83. The summed E-state index contributed by atoms with van der Waals surface area (Å²) >= 11 is 1.52. The summed E-state index contributed by atoms with van der Waals surface area (Å²) in [6, 6.07) is 7.45. The summed E-state index contributed by atoms with van der Waals surface area (Å²) in [5.74, 6) is 1.12. The maximum atomic E-state index is 12.2. The minimum Gasteiger partial charge on any atom is -0.440 e. The average Bonchev–Trinajstić information content (AvgIpc) is 3.10. The monoisotopic (exact) mass is 299 g/mol. The first kappa shape index (κ1) is 13.5. The van der Waals surface area contributed by atoms with E-state index < -0.39 is 0 Å². The van der Waals surface area contributed by atoms with Crippen LogP contribution in [0.15, 0.2) is 40.3 Å². The van der Waals surface area contributed by atoms with Crippen molar-refractivity contribution in [2.75, 3.05) is 5.32 Å². The molecule has 6 heteroatoms. The lowest BCUT2D eigenvalue weighted by Gasteiger charge is -2.02. The largest absolute Gasteiger partial charge is 0.440 e. The SMILES string of the molecule is Cc1ccc(NC(=O)c2nc(-c3cccs3)oc2C)nc1. The first-order valence-corrected chi connectivity index (χ1v) is 7.27. The summed E-state index contributed by atoms with van der Waals surface area (Å²) in [6.45, 7) is 3.66.